The van der Waals surface area contributed by atoms with E-state index in [1.165, 1.54) is 16.9 Å². The fraction of sp³-hybridized carbons (Fsp3) is 0.636. The van der Waals surface area contributed by atoms with Crippen molar-refractivity contribution in [2.45, 2.75) is 75.1 Å². The maximum Gasteiger partial charge on any atom is 0.355 e. The number of aromatic nitrogens is 1. The highest BCUT2D eigenvalue weighted by molar-refractivity contribution is 8.01. The molecule has 2 rings (SSSR count). The van der Waals surface area contributed by atoms with E-state index in [4.69, 9.17) is 16.7 Å². The number of carboxylic acids is 1. The van der Waals surface area contributed by atoms with Crippen molar-refractivity contribution in [2.75, 3.05) is 5.75 Å². The highest BCUT2D eigenvalue weighted by atomic mass is 35.5. The molecule has 0 radical (unpaired) electrons. The lowest BCUT2D eigenvalue weighted by atomic mass is 9.87. The van der Waals surface area contributed by atoms with Crippen molar-refractivity contribution in [1.29, 1.82) is 0 Å². The fourth-order valence-corrected chi connectivity index (χ4v) is 6.13. The van der Waals surface area contributed by atoms with Crippen LogP contribution in [0.1, 0.15) is 69.8 Å². The number of thiazole rings is 1. The number of rotatable bonds is 11. The summed E-state index contributed by atoms with van der Waals surface area (Å²) in [6, 6.07) is 0. The van der Waals surface area contributed by atoms with E-state index in [0.717, 1.165) is 54.2 Å². The zero-order valence-corrected chi connectivity index (χ0v) is 19.8. The normalized spacial score (nSPS) is 24.1. The molecule has 1 aliphatic carbocycles. The third kappa shape index (κ3) is 7.42. The van der Waals surface area contributed by atoms with Crippen molar-refractivity contribution in [3.8, 4) is 0 Å². The van der Waals surface area contributed by atoms with Crippen molar-refractivity contribution >= 4 is 40.7 Å². The molecule has 0 spiro atoms. The van der Waals surface area contributed by atoms with Crippen molar-refractivity contribution in [2.24, 2.45) is 11.8 Å². The lowest BCUT2D eigenvalue weighted by Crippen LogP contribution is -2.17. The van der Waals surface area contributed by atoms with Gasteiger partial charge in [0, 0.05) is 16.5 Å². The summed E-state index contributed by atoms with van der Waals surface area (Å²) in [5.41, 5.74) is 2.46. The molecule has 1 saturated carbocycles. The van der Waals surface area contributed by atoms with Crippen LogP contribution in [0.25, 0.3) is 0 Å². The van der Waals surface area contributed by atoms with Gasteiger partial charge in [-0.05, 0) is 56.9 Å². The molecule has 7 heteroatoms. The maximum absolute atomic E-state index is 11.0. The number of hydrogen-bond donors (Lipinski definition) is 2. The third-order valence-electron chi connectivity index (χ3n) is 5.66. The fourth-order valence-electron chi connectivity index (χ4n) is 3.79. The summed E-state index contributed by atoms with van der Waals surface area (Å²) in [6.07, 6.45) is 9.92. The number of alkyl halides is 1. The molecule has 1 heterocycles. The maximum atomic E-state index is 11.0. The molecule has 162 valence electrons. The molecule has 1 aromatic heterocycles. The molecule has 0 aromatic carbocycles. The number of aliphatic hydroxyl groups excluding tert-OH is 1. The lowest BCUT2D eigenvalue weighted by Gasteiger charge is -2.22. The van der Waals surface area contributed by atoms with Gasteiger partial charge in [0.05, 0.1) is 6.10 Å². The lowest BCUT2D eigenvalue weighted by molar-refractivity contribution is 0.0691. The van der Waals surface area contributed by atoms with E-state index in [2.05, 4.69) is 31.0 Å². The Hall–Kier alpha value is -0.820. The van der Waals surface area contributed by atoms with Gasteiger partial charge < -0.3 is 10.2 Å². The quantitative estimate of drug-likeness (QED) is 0.228. The van der Waals surface area contributed by atoms with Crippen LogP contribution in [0.4, 0.5) is 0 Å². The molecule has 0 amide bonds. The second-order valence-electron chi connectivity index (χ2n) is 7.78. The molecule has 4 nitrogen and oxygen atoms in total. The van der Waals surface area contributed by atoms with Crippen molar-refractivity contribution < 1.29 is 15.0 Å². The van der Waals surface area contributed by atoms with E-state index in [1.807, 2.05) is 6.92 Å². The summed E-state index contributed by atoms with van der Waals surface area (Å²) >= 11 is 9.63. The van der Waals surface area contributed by atoms with Gasteiger partial charge in [0.1, 0.15) is 0 Å². The Kier molecular flexibility index (Phi) is 10.2. The highest BCUT2D eigenvalue weighted by Crippen LogP contribution is 2.43. The molecule has 0 aliphatic heterocycles. The van der Waals surface area contributed by atoms with Crippen molar-refractivity contribution in [1.82, 2.24) is 4.98 Å². The summed E-state index contributed by atoms with van der Waals surface area (Å²) in [5, 5.41) is 21.0. The number of carbonyl (C=O) groups is 1. The van der Waals surface area contributed by atoms with E-state index in [-0.39, 0.29) is 17.2 Å². The summed E-state index contributed by atoms with van der Waals surface area (Å²) in [5.74, 6) is 0.780. The topological polar surface area (TPSA) is 70.4 Å². The molecule has 0 bridgehead atoms. The van der Waals surface area contributed by atoms with E-state index in [0.29, 0.717) is 11.8 Å². The number of hydrogen-bond acceptors (Lipinski definition) is 5. The van der Waals surface area contributed by atoms with Crippen LogP contribution in [-0.2, 0) is 0 Å². The average Bonchev–Trinajstić information content (AvgIpc) is 3.31. The molecular weight excluding hydrogens is 426 g/mol. The molecule has 1 fully saturated rings. The number of aliphatic hydroxyl groups is 1. The van der Waals surface area contributed by atoms with Gasteiger partial charge in [-0.2, -0.15) is 0 Å². The van der Waals surface area contributed by atoms with Crippen LogP contribution in [0.15, 0.2) is 33.0 Å². The predicted molar refractivity (Wildman–Crippen MR) is 123 cm³/mol. The first-order valence-corrected chi connectivity index (χ1v) is 12.6. The molecule has 1 aliphatic rings. The van der Waals surface area contributed by atoms with Gasteiger partial charge in [-0.15, -0.1) is 22.9 Å². The Morgan fingerprint density at radius 2 is 2.17 bits per heavy atom. The Morgan fingerprint density at radius 1 is 1.41 bits per heavy atom. The second-order valence-corrected chi connectivity index (χ2v) is 10.5. The van der Waals surface area contributed by atoms with Crippen LogP contribution < -0.4 is 0 Å². The average molecular weight is 458 g/mol. The zero-order valence-electron chi connectivity index (χ0n) is 17.4. The van der Waals surface area contributed by atoms with E-state index in [9.17, 15) is 9.90 Å². The summed E-state index contributed by atoms with van der Waals surface area (Å²) in [4.78, 5) is 15.1. The minimum Gasteiger partial charge on any atom is -0.476 e. The molecule has 2 N–H and O–H groups in total. The number of halogens is 1. The predicted octanol–water partition coefficient (Wildman–Crippen LogP) is 6.40. The SMILES string of the molecule is CCCCC(O)/C(C)=C/C=C(\C)C1CCC(Cl)C1CCSc1nc(C(=O)O)cs1. The number of unbranched alkanes of at least 4 members (excludes halogenated alkanes) is 1. The number of thioether (sulfide) groups is 1. The van der Waals surface area contributed by atoms with Gasteiger partial charge in [-0.25, -0.2) is 9.78 Å². The van der Waals surface area contributed by atoms with Crippen LogP contribution in [-0.4, -0.2) is 38.4 Å². The summed E-state index contributed by atoms with van der Waals surface area (Å²) < 4.78 is 0.801. The smallest absolute Gasteiger partial charge is 0.355 e. The summed E-state index contributed by atoms with van der Waals surface area (Å²) in [6.45, 7) is 6.30. The van der Waals surface area contributed by atoms with Crippen LogP contribution in [0.5, 0.6) is 0 Å². The van der Waals surface area contributed by atoms with E-state index >= 15 is 0 Å². The van der Waals surface area contributed by atoms with Gasteiger partial charge in [0.15, 0.2) is 10.0 Å². The van der Waals surface area contributed by atoms with Gasteiger partial charge in [0.2, 0.25) is 0 Å². The highest BCUT2D eigenvalue weighted by Gasteiger charge is 2.35. The largest absolute Gasteiger partial charge is 0.476 e. The van der Waals surface area contributed by atoms with Gasteiger partial charge in [-0.1, -0.05) is 49.3 Å². The van der Waals surface area contributed by atoms with Gasteiger partial charge >= 0.3 is 5.97 Å². The molecule has 1 aromatic rings. The standard InChI is InChI=1S/C22H32ClNO3S2/c1-4-5-6-20(25)15(3)8-7-14(2)16-9-10-18(23)17(16)11-12-28-22-24-19(13-29-22)21(26)27/h7-8,13,16-18,20,25H,4-6,9-12H2,1-3H3,(H,26,27)/b14-7+,15-8+. The number of nitrogens with zero attached hydrogens (tertiary/aromatic N) is 1. The number of aromatic carboxylic acids is 1. The van der Waals surface area contributed by atoms with Crippen molar-refractivity contribution in [3.05, 3.63) is 34.4 Å². The molecule has 0 saturated heterocycles. The zero-order chi connectivity index (χ0) is 21.4. The van der Waals surface area contributed by atoms with E-state index in [1.54, 1.807) is 17.1 Å². The minimum absolute atomic E-state index is 0.119. The van der Waals surface area contributed by atoms with Crippen LogP contribution >= 0.6 is 34.7 Å². The van der Waals surface area contributed by atoms with Crippen LogP contribution in [0.2, 0.25) is 0 Å². The molecule has 4 atom stereocenters. The first-order valence-electron chi connectivity index (χ1n) is 10.3. The summed E-state index contributed by atoms with van der Waals surface area (Å²) in [7, 11) is 0. The van der Waals surface area contributed by atoms with Crippen LogP contribution in [0, 0.1) is 11.8 Å². The Labute approximate surface area is 187 Å². The second kappa shape index (κ2) is 12.1. The minimum atomic E-state index is -0.978. The number of carboxylic acid groups (broad SMARTS) is 1. The monoisotopic (exact) mass is 457 g/mol. The molecule has 29 heavy (non-hydrogen) atoms. The Morgan fingerprint density at radius 3 is 2.83 bits per heavy atom. The van der Waals surface area contributed by atoms with Crippen molar-refractivity contribution in [3.63, 3.8) is 0 Å². The third-order valence-corrected chi connectivity index (χ3v) is 8.26. The van der Waals surface area contributed by atoms with E-state index < -0.39 is 5.97 Å². The first kappa shape index (κ1) is 24.4. The molecular formula is C22H32ClNO3S2. The Bertz CT molecular complexity index is 731. The Balaban J connectivity index is 1.92. The van der Waals surface area contributed by atoms with Gasteiger partial charge in [0.25, 0.3) is 0 Å². The molecule has 4 unspecified atom stereocenters. The van der Waals surface area contributed by atoms with Gasteiger partial charge in [-0.3, -0.25) is 0 Å². The first-order chi connectivity index (χ1) is 13.8. The number of allylic oxidation sites excluding steroid dienone is 3. The van der Waals surface area contributed by atoms with Crippen LogP contribution in [0.3, 0.4) is 0 Å².